The number of thiophene rings is 1. The van der Waals surface area contributed by atoms with Gasteiger partial charge in [0.15, 0.2) is 0 Å². The summed E-state index contributed by atoms with van der Waals surface area (Å²) in [7, 11) is 0. The molecule has 4 aromatic carbocycles. The van der Waals surface area contributed by atoms with E-state index in [-0.39, 0.29) is 0 Å². The van der Waals surface area contributed by atoms with E-state index in [0.717, 1.165) is 38.6 Å². The SMILES string of the molecule is c1ccc(-c2ccnc(-n3c4ccc5cccnc5c4c4ccc5c6ccccc6sc5c43)n2)cc1. The quantitative estimate of drug-likeness (QED) is 0.252. The first-order valence-corrected chi connectivity index (χ1v) is 12.7. The highest BCUT2D eigenvalue weighted by Crippen LogP contribution is 2.43. The van der Waals surface area contributed by atoms with E-state index >= 15 is 0 Å². The highest BCUT2D eigenvalue weighted by Gasteiger charge is 2.21. The predicted octanol–water partition coefficient (Wildman–Crippen LogP) is 8.16. The number of rotatable bonds is 2. The predicted molar refractivity (Wildman–Crippen MR) is 150 cm³/mol. The molecule has 0 amide bonds. The summed E-state index contributed by atoms with van der Waals surface area (Å²) < 4.78 is 4.74. The summed E-state index contributed by atoms with van der Waals surface area (Å²) in [5, 5.41) is 5.96. The van der Waals surface area contributed by atoms with Gasteiger partial charge in [0.1, 0.15) is 0 Å². The molecule has 0 aliphatic rings. The molecule has 168 valence electrons. The number of hydrogen-bond donors (Lipinski definition) is 0. The molecule has 8 rings (SSSR count). The molecule has 0 saturated heterocycles. The molecule has 4 aromatic heterocycles. The lowest BCUT2D eigenvalue weighted by atomic mass is 10.1. The minimum absolute atomic E-state index is 0.664. The molecule has 0 aliphatic carbocycles. The second-order valence-corrected chi connectivity index (χ2v) is 9.97. The van der Waals surface area contributed by atoms with Crippen molar-refractivity contribution < 1.29 is 0 Å². The summed E-state index contributed by atoms with van der Waals surface area (Å²) in [4.78, 5) is 14.7. The van der Waals surface area contributed by atoms with Gasteiger partial charge in [-0.1, -0.05) is 72.8 Å². The fraction of sp³-hybridized carbons (Fsp3) is 0. The molecule has 4 heterocycles. The minimum Gasteiger partial charge on any atom is -0.276 e. The molecule has 0 bridgehead atoms. The van der Waals surface area contributed by atoms with Gasteiger partial charge in [-0.3, -0.25) is 9.55 Å². The normalized spacial score (nSPS) is 11.9. The molecule has 0 spiro atoms. The lowest BCUT2D eigenvalue weighted by molar-refractivity contribution is 0.995. The van der Waals surface area contributed by atoms with Crippen LogP contribution in [0, 0.1) is 0 Å². The van der Waals surface area contributed by atoms with Crippen LogP contribution < -0.4 is 0 Å². The van der Waals surface area contributed by atoms with Gasteiger partial charge < -0.3 is 0 Å². The van der Waals surface area contributed by atoms with Crippen molar-refractivity contribution in [2.75, 3.05) is 0 Å². The molecule has 36 heavy (non-hydrogen) atoms. The average molecular weight is 479 g/mol. The van der Waals surface area contributed by atoms with Gasteiger partial charge in [0.2, 0.25) is 5.95 Å². The van der Waals surface area contributed by atoms with Crippen molar-refractivity contribution in [2.45, 2.75) is 0 Å². The van der Waals surface area contributed by atoms with Crippen LogP contribution >= 0.6 is 11.3 Å². The lowest BCUT2D eigenvalue weighted by Crippen LogP contribution is -2.01. The number of pyridine rings is 1. The van der Waals surface area contributed by atoms with Crippen LogP contribution in [0.2, 0.25) is 0 Å². The van der Waals surface area contributed by atoms with Gasteiger partial charge in [-0.25, -0.2) is 9.97 Å². The molecule has 8 aromatic rings. The molecule has 0 aliphatic heterocycles. The Hall–Kier alpha value is -4.61. The van der Waals surface area contributed by atoms with E-state index in [1.165, 1.54) is 25.6 Å². The third kappa shape index (κ3) is 2.72. The monoisotopic (exact) mass is 478 g/mol. The highest BCUT2D eigenvalue weighted by molar-refractivity contribution is 7.26. The van der Waals surface area contributed by atoms with Crippen molar-refractivity contribution in [1.82, 2.24) is 19.5 Å². The minimum atomic E-state index is 0.664. The van der Waals surface area contributed by atoms with Gasteiger partial charge in [0, 0.05) is 49.6 Å². The summed E-state index contributed by atoms with van der Waals surface area (Å²) in [6, 6.07) is 33.8. The highest BCUT2D eigenvalue weighted by atomic mass is 32.1. The first kappa shape index (κ1) is 19.7. The second-order valence-electron chi connectivity index (χ2n) is 8.91. The summed E-state index contributed by atoms with van der Waals surface area (Å²) in [6.07, 6.45) is 3.72. The fourth-order valence-corrected chi connectivity index (χ4v) is 6.58. The molecule has 0 atom stereocenters. The lowest BCUT2D eigenvalue weighted by Gasteiger charge is -2.09. The van der Waals surface area contributed by atoms with E-state index in [1.807, 2.05) is 54.1 Å². The first-order valence-electron chi connectivity index (χ1n) is 11.9. The van der Waals surface area contributed by atoms with Crippen molar-refractivity contribution in [1.29, 1.82) is 0 Å². The first-order chi connectivity index (χ1) is 17.9. The molecule has 0 radical (unpaired) electrons. The van der Waals surface area contributed by atoms with Crippen LogP contribution in [-0.4, -0.2) is 19.5 Å². The molecular formula is C31H18N4S. The molecule has 0 saturated carbocycles. The van der Waals surface area contributed by atoms with E-state index in [0.29, 0.717) is 5.95 Å². The summed E-state index contributed by atoms with van der Waals surface area (Å²) in [6.45, 7) is 0. The molecule has 0 unspecified atom stereocenters. The zero-order chi connectivity index (χ0) is 23.6. The van der Waals surface area contributed by atoms with Crippen LogP contribution in [0.3, 0.4) is 0 Å². The maximum atomic E-state index is 5.06. The third-order valence-corrected chi connectivity index (χ3v) is 8.11. The summed E-state index contributed by atoms with van der Waals surface area (Å²) in [5.41, 5.74) is 5.16. The second kappa shape index (κ2) is 7.44. The number of aromatic nitrogens is 4. The van der Waals surface area contributed by atoms with Crippen molar-refractivity contribution in [2.24, 2.45) is 0 Å². The van der Waals surface area contributed by atoms with Gasteiger partial charge >= 0.3 is 0 Å². The zero-order valence-electron chi connectivity index (χ0n) is 19.1. The van der Waals surface area contributed by atoms with Crippen LogP contribution in [0.1, 0.15) is 0 Å². The van der Waals surface area contributed by atoms with E-state index in [1.54, 1.807) is 0 Å². The Balaban J connectivity index is 1.57. The Labute approximate surface area is 210 Å². The van der Waals surface area contributed by atoms with Gasteiger partial charge in [-0.15, -0.1) is 11.3 Å². The van der Waals surface area contributed by atoms with Gasteiger partial charge in [-0.05, 0) is 24.3 Å². The van der Waals surface area contributed by atoms with Crippen molar-refractivity contribution in [3.05, 3.63) is 109 Å². The van der Waals surface area contributed by atoms with Crippen LogP contribution in [0.4, 0.5) is 0 Å². The topological polar surface area (TPSA) is 43.6 Å². The number of fused-ring (bicyclic) bond motifs is 9. The maximum absolute atomic E-state index is 5.06. The van der Waals surface area contributed by atoms with E-state index in [4.69, 9.17) is 15.0 Å². The molecule has 4 nitrogen and oxygen atoms in total. The number of hydrogen-bond acceptors (Lipinski definition) is 4. The molecule has 0 fully saturated rings. The summed E-state index contributed by atoms with van der Waals surface area (Å²) in [5.74, 6) is 0.664. The van der Waals surface area contributed by atoms with Gasteiger partial charge in [-0.2, -0.15) is 0 Å². The van der Waals surface area contributed by atoms with Crippen LogP contribution in [0.25, 0.3) is 70.1 Å². The average Bonchev–Trinajstić information content (AvgIpc) is 3.50. The van der Waals surface area contributed by atoms with Crippen molar-refractivity contribution >= 4 is 64.2 Å². The number of nitrogens with zero attached hydrogens (tertiary/aromatic N) is 4. The Kier molecular flexibility index (Phi) is 4.07. The Morgan fingerprint density at radius 3 is 2.44 bits per heavy atom. The number of benzene rings is 4. The van der Waals surface area contributed by atoms with E-state index in [2.05, 4.69) is 71.3 Å². The van der Waals surface area contributed by atoms with Crippen LogP contribution in [0.5, 0.6) is 0 Å². The Morgan fingerprint density at radius 2 is 1.50 bits per heavy atom. The fourth-order valence-electron chi connectivity index (χ4n) is 5.34. The summed E-state index contributed by atoms with van der Waals surface area (Å²) >= 11 is 1.82. The van der Waals surface area contributed by atoms with Crippen molar-refractivity contribution in [3.63, 3.8) is 0 Å². The zero-order valence-corrected chi connectivity index (χ0v) is 19.9. The van der Waals surface area contributed by atoms with E-state index < -0.39 is 0 Å². The maximum Gasteiger partial charge on any atom is 0.235 e. The molecule has 0 N–H and O–H groups in total. The van der Waals surface area contributed by atoms with E-state index in [9.17, 15) is 0 Å². The molecule has 5 heteroatoms. The van der Waals surface area contributed by atoms with Crippen LogP contribution in [0.15, 0.2) is 109 Å². The Morgan fingerprint density at radius 1 is 0.639 bits per heavy atom. The van der Waals surface area contributed by atoms with Crippen LogP contribution in [-0.2, 0) is 0 Å². The standard InChI is InChI=1S/C31H18N4S/c1-2-7-19(8-3-1)24-16-18-33-31(34-24)35-25-15-12-20-9-6-17-32-28(20)27(25)23-14-13-22-21-10-4-5-11-26(21)36-30(22)29(23)35/h1-18H. The Bertz CT molecular complexity index is 2100. The smallest absolute Gasteiger partial charge is 0.235 e. The van der Waals surface area contributed by atoms with Gasteiger partial charge in [0.05, 0.1) is 26.9 Å². The third-order valence-electron chi connectivity index (χ3n) is 6.92. The van der Waals surface area contributed by atoms with Crippen molar-refractivity contribution in [3.8, 4) is 17.2 Å². The van der Waals surface area contributed by atoms with Gasteiger partial charge in [0.25, 0.3) is 0 Å². The molecular weight excluding hydrogens is 460 g/mol. The largest absolute Gasteiger partial charge is 0.276 e.